The number of aromatic nitrogens is 4. The molecule has 1 amide bonds. The molecule has 8 heteroatoms. The van der Waals surface area contributed by atoms with Crippen molar-refractivity contribution in [1.82, 2.24) is 25.1 Å². The van der Waals surface area contributed by atoms with Crippen LogP contribution in [0.3, 0.4) is 0 Å². The minimum atomic E-state index is -0.296. The van der Waals surface area contributed by atoms with Gasteiger partial charge in [-0.1, -0.05) is 31.2 Å². The maximum atomic E-state index is 13.0. The smallest absolute Gasteiger partial charge is 0.270 e. The highest BCUT2D eigenvalue weighted by Gasteiger charge is 2.20. The number of nitrogens with one attached hydrogen (secondary N) is 1. The van der Waals surface area contributed by atoms with Gasteiger partial charge in [0.05, 0.1) is 17.5 Å². The molecule has 33 heavy (non-hydrogen) atoms. The molecule has 0 aliphatic carbocycles. The zero-order chi connectivity index (χ0) is 23.4. The fourth-order valence-electron chi connectivity index (χ4n) is 3.92. The van der Waals surface area contributed by atoms with E-state index in [0.29, 0.717) is 17.4 Å². The molecule has 4 rings (SSSR count). The van der Waals surface area contributed by atoms with Crippen molar-refractivity contribution in [3.63, 3.8) is 0 Å². The Morgan fingerprint density at radius 3 is 2.55 bits per heavy atom. The third-order valence-corrected chi connectivity index (χ3v) is 6.32. The molecule has 8 nitrogen and oxygen atoms in total. The monoisotopic (exact) mass is 449 g/mol. The zero-order valence-corrected chi connectivity index (χ0v) is 19.4. The number of nitrogens with zero attached hydrogens (tertiary/aromatic N) is 4. The lowest BCUT2D eigenvalue weighted by atomic mass is 9.91. The molecule has 174 valence electrons. The second kappa shape index (κ2) is 10.2. The molecule has 2 aromatic heterocycles. The Kier molecular flexibility index (Phi) is 7.15. The third kappa shape index (κ3) is 5.46. The Bertz CT molecular complexity index is 1090. The van der Waals surface area contributed by atoms with Crippen molar-refractivity contribution in [3.05, 3.63) is 54.0 Å². The Labute approximate surface area is 194 Å². The summed E-state index contributed by atoms with van der Waals surface area (Å²) in [6, 6.07) is 9.91. The van der Waals surface area contributed by atoms with Gasteiger partial charge in [-0.2, -0.15) is 5.10 Å². The van der Waals surface area contributed by atoms with Gasteiger partial charge in [-0.15, -0.1) is 0 Å². The molecule has 0 radical (unpaired) electrons. The minimum Gasteiger partial charge on any atom is -0.396 e. The highest BCUT2D eigenvalue weighted by molar-refractivity contribution is 5.94. The van der Waals surface area contributed by atoms with Crippen molar-refractivity contribution in [1.29, 1.82) is 0 Å². The first-order valence-electron chi connectivity index (χ1n) is 11.4. The third-order valence-electron chi connectivity index (χ3n) is 6.32. The molecular formula is C25H31N5O3. The van der Waals surface area contributed by atoms with Gasteiger partial charge < -0.3 is 15.2 Å². The summed E-state index contributed by atoms with van der Waals surface area (Å²) in [7, 11) is 1.83. The van der Waals surface area contributed by atoms with E-state index in [9.17, 15) is 9.90 Å². The summed E-state index contributed by atoms with van der Waals surface area (Å²) in [5, 5.41) is 16.6. The molecule has 3 heterocycles. The van der Waals surface area contributed by atoms with E-state index in [1.54, 1.807) is 16.9 Å². The SMILES string of the molecule is CC(CO)[C@H](C)NC(=O)c1cc(-c2ccc(C3CCOCC3)cc2)nc(-c2cnn(C)c2)n1. The predicted molar refractivity (Wildman–Crippen MR) is 126 cm³/mol. The maximum Gasteiger partial charge on any atom is 0.270 e. The van der Waals surface area contributed by atoms with Crippen LogP contribution in [-0.2, 0) is 11.8 Å². The highest BCUT2D eigenvalue weighted by Crippen LogP contribution is 2.29. The number of aryl methyl sites for hydroxylation is 1. The highest BCUT2D eigenvalue weighted by atomic mass is 16.5. The number of rotatable bonds is 7. The molecular weight excluding hydrogens is 418 g/mol. The molecule has 1 aliphatic heterocycles. The number of amides is 1. The fourth-order valence-corrected chi connectivity index (χ4v) is 3.92. The van der Waals surface area contributed by atoms with E-state index in [4.69, 9.17) is 9.72 Å². The molecule has 2 N–H and O–H groups in total. The number of aliphatic hydroxyl groups is 1. The molecule has 0 spiro atoms. The Morgan fingerprint density at radius 1 is 1.18 bits per heavy atom. The second-order valence-corrected chi connectivity index (χ2v) is 8.80. The van der Waals surface area contributed by atoms with Gasteiger partial charge in [-0.05, 0) is 43.2 Å². The molecule has 0 bridgehead atoms. The predicted octanol–water partition coefficient (Wildman–Crippen LogP) is 3.18. The fraction of sp³-hybridized carbons (Fsp3) is 0.440. The van der Waals surface area contributed by atoms with Crippen LogP contribution in [0, 0.1) is 5.92 Å². The minimum absolute atomic E-state index is 0.00310. The quantitative estimate of drug-likeness (QED) is 0.574. The van der Waals surface area contributed by atoms with Crippen LogP contribution >= 0.6 is 0 Å². The number of aliphatic hydroxyl groups excluding tert-OH is 1. The summed E-state index contributed by atoms with van der Waals surface area (Å²) >= 11 is 0. The lowest BCUT2D eigenvalue weighted by molar-refractivity contribution is 0.0853. The average molecular weight is 450 g/mol. The maximum absolute atomic E-state index is 13.0. The van der Waals surface area contributed by atoms with Gasteiger partial charge >= 0.3 is 0 Å². The first-order valence-corrected chi connectivity index (χ1v) is 11.4. The van der Waals surface area contributed by atoms with Crippen molar-refractivity contribution in [2.75, 3.05) is 19.8 Å². The van der Waals surface area contributed by atoms with E-state index < -0.39 is 0 Å². The summed E-state index contributed by atoms with van der Waals surface area (Å²) in [6.07, 6.45) is 5.58. The van der Waals surface area contributed by atoms with E-state index in [2.05, 4.69) is 39.7 Å². The summed E-state index contributed by atoms with van der Waals surface area (Å²) in [6.45, 7) is 5.36. The molecule has 3 aromatic rings. The number of carbonyl (C=O) groups is 1. The lowest BCUT2D eigenvalue weighted by Gasteiger charge is -2.22. The van der Waals surface area contributed by atoms with Crippen molar-refractivity contribution < 1.29 is 14.6 Å². The van der Waals surface area contributed by atoms with E-state index in [-0.39, 0.29) is 30.2 Å². The van der Waals surface area contributed by atoms with E-state index in [1.165, 1.54) is 5.56 Å². The molecule has 2 atom stereocenters. The molecule has 1 saturated heterocycles. The zero-order valence-electron chi connectivity index (χ0n) is 19.4. The van der Waals surface area contributed by atoms with Gasteiger partial charge in [0, 0.05) is 44.7 Å². The lowest BCUT2D eigenvalue weighted by Crippen LogP contribution is -2.38. The Hall–Kier alpha value is -3.10. The van der Waals surface area contributed by atoms with Gasteiger partial charge in [0.25, 0.3) is 5.91 Å². The summed E-state index contributed by atoms with van der Waals surface area (Å²) in [4.78, 5) is 22.2. The number of benzene rings is 1. The second-order valence-electron chi connectivity index (χ2n) is 8.80. The van der Waals surface area contributed by atoms with E-state index in [1.807, 2.05) is 27.1 Å². The topological polar surface area (TPSA) is 102 Å². The molecule has 1 unspecified atom stereocenters. The normalized spacial score (nSPS) is 16.4. The first-order chi connectivity index (χ1) is 15.9. The van der Waals surface area contributed by atoms with Gasteiger partial charge in [0.1, 0.15) is 5.69 Å². The van der Waals surface area contributed by atoms with Crippen molar-refractivity contribution in [3.8, 4) is 22.6 Å². The van der Waals surface area contributed by atoms with Crippen LogP contribution in [0.1, 0.15) is 48.7 Å². The molecule has 1 fully saturated rings. The van der Waals surface area contributed by atoms with E-state index >= 15 is 0 Å². The van der Waals surface area contributed by atoms with Crippen LogP contribution in [-0.4, -0.2) is 56.6 Å². The van der Waals surface area contributed by atoms with Gasteiger partial charge in [0.15, 0.2) is 5.82 Å². The van der Waals surface area contributed by atoms with Crippen LogP contribution in [0.15, 0.2) is 42.7 Å². The Morgan fingerprint density at radius 2 is 1.91 bits per heavy atom. The van der Waals surface area contributed by atoms with Gasteiger partial charge in [-0.3, -0.25) is 9.48 Å². The van der Waals surface area contributed by atoms with Crippen LogP contribution < -0.4 is 5.32 Å². The van der Waals surface area contributed by atoms with Crippen LogP contribution in [0.2, 0.25) is 0 Å². The molecule has 1 aliphatic rings. The van der Waals surface area contributed by atoms with Crippen molar-refractivity contribution in [2.24, 2.45) is 13.0 Å². The van der Waals surface area contributed by atoms with Crippen molar-refractivity contribution >= 4 is 5.91 Å². The number of ether oxygens (including phenoxy) is 1. The summed E-state index contributed by atoms with van der Waals surface area (Å²) in [5.41, 5.74) is 3.92. The van der Waals surface area contributed by atoms with Gasteiger partial charge in [-0.25, -0.2) is 9.97 Å². The average Bonchev–Trinajstić information content (AvgIpc) is 3.30. The first kappa shape index (κ1) is 23.1. The van der Waals surface area contributed by atoms with Crippen molar-refractivity contribution in [2.45, 2.75) is 38.6 Å². The number of hydrogen-bond donors (Lipinski definition) is 2. The van der Waals surface area contributed by atoms with Crippen LogP contribution in [0.25, 0.3) is 22.6 Å². The largest absolute Gasteiger partial charge is 0.396 e. The summed E-state index contributed by atoms with van der Waals surface area (Å²) < 4.78 is 7.16. The number of carbonyl (C=O) groups excluding carboxylic acids is 1. The van der Waals surface area contributed by atoms with Crippen LogP contribution in [0.4, 0.5) is 0 Å². The Balaban J connectivity index is 1.66. The summed E-state index contributed by atoms with van der Waals surface area (Å²) in [5.74, 6) is 0.601. The van der Waals surface area contributed by atoms with Crippen LogP contribution in [0.5, 0.6) is 0 Å². The standard InChI is InChI=1S/C25H31N5O3/c1-16(15-31)17(2)27-25(32)23-12-22(28-24(29-23)21-13-26-30(3)14-21)20-6-4-18(5-7-20)19-8-10-33-11-9-19/h4-7,12-14,16-17,19,31H,8-11,15H2,1-3H3,(H,27,32)/t16?,17-/m0/s1. The van der Waals surface area contributed by atoms with E-state index in [0.717, 1.165) is 37.2 Å². The molecule has 1 aromatic carbocycles. The van der Waals surface area contributed by atoms with Gasteiger partial charge in [0.2, 0.25) is 0 Å². The molecule has 0 saturated carbocycles. The number of hydrogen-bond acceptors (Lipinski definition) is 6.